The number of benzene rings is 3. The molecule has 6 heteroatoms. The first-order chi connectivity index (χ1) is 16.8. The summed E-state index contributed by atoms with van der Waals surface area (Å²) in [5, 5.41) is 22.5. The number of para-hydroxylation sites is 1. The van der Waals surface area contributed by atoms with E-state index < -0.39 is 6.10 Å². The van der Waals surface area contributed by atoms with Gasteiger partial charge >= 0.3 is 0 Å². The molecule has 0 aliphatic carbocycles. The van der Waals surface area contributed by atoms with Crippen LogP contribution < -0.4 is 0 Å². The van der Waals surface area contributed by atoms with Gasteiger partial charge in [0.1, 0.15) is 17.5 Å². The number of aryl methyl sites for hydroxylation is 1. The first kappa shape index (κ1) is 20.3. The maximum Gasteiger partial charge on any atom is 0.127 e. The van der Waals surface area contributed by atoms with Crippen LogP contribution in [0.4, 0.5) is 0 Å². The van der Waals surface area contributed by atoms with Crippen molar-refractivity contribution in [1.29, 1.82) is 0 Å². The number of fused-ring (bicyclic) bond motifs is 3. The van der Waals surface area contributed by atoms with Crippen molar-refractivity contribution in [2.75, 3.05) is 0 Å². The van der Waals surface area contributed by atoms with E-state index in [1.807, 2.05) is 47.1 Å². The lowest BCUT2D eigenvalue weighted by atomic mass is 10.0. The fourth-order valence-electron chi connectivity index (χ4n) is 4.73. The van der Waals surface area contributed by atoms with Crippen molar-refractivity contribution in [3.63, 3.8) is 0 Å². The van der Waals surface area contributed by atoms with Crippen LogP contribution in [0.25, 0.3) is 38.8 Å². The van der Waals surface area contributed by atoms with E-state index in [9.17, 15) is 5.11 Å². The average molecular weight is 446 g/mol. The Hall–Kier alpha value is -4.29. The molecule has 6 rings (SSSR count). The fourth-order valence-corrected chi connectivity index (χ4v) is 4.73. The molecular formula is C28H23N5O. The van der Waals surface area contributed by atoms with Crippen molar-refractivity contribution in [3.8, 4) is 16.9 Å². The summed E-state index contributed by atoms with van der Waals surface area (Å²) in [4.78, 5) is 4.15. The second kappa shape index (κ2) is 8.24. The Bertz CT molecular complexity index is 1600. The molecule has 6 aromatic rings. The number of aliphatic hydroxyl groups is 1. The summed E-state index contributed by atoms with van der Waals surface area (Å²) < 4.78 is 4.15. The summed E-state index contributed by atoms with van der Waals surface area (Å²) in [6.45, 7) is 3.06. The number of hydrogen-bond acceptors (Lipinski definition) is 4. The van der Waals surface area contributed by atoms with Gasteiger partial charge in [0.25, 0.3) is 0 Å². The molecule has 1 unspecified atom stereocenters. The number of nitrogens with zero attached hydrogens (tertiary/aromatic N) is 5. The van der Waals surface area contributed by atoms with Crippen LogP contribution in [0.5, 0.6) is 0 Å². The molecule has 0 bridgehead atoms. The van der Waals surface area contributed by atoms with Gasteiger partial charge in [-0.25, -0.2) is 4.68 Å². The van der Waals surface area contributed by atoms with E-state index in [0.29, 0.717) is 11.3 Å². The molecule has 34 heavy (non-hydrogen) atoms. The van der Waals surface area contributed by atoms with Crippen LogP contribution in [-0.2, 0) is 6.54 Å². The number of hydrogen-bond donors (Lipinski definition) is 1. The molecule has 1 N–H and O–H groups in total. The molecule has 0 spiro atoms. The van der Waals surface area contributed by atoms with Gasteiger partial charge < -0.3 is 9.67 Å². The van der Waals surface area contributed by atoms with E-state index >= 15 is 0 Å². The topological polar surface area (TPSA) is 68.8 Å². The van der Waals surface area contributed by atoms with Crippen molar-refractivity contribution in [2.45, 2.75) is 19.6 Å². The average Bonchev–Trinajstić information content (AvgIpc) is 3.48. The Balaban J connectivity index is 1.58. The molecule has 6 nitrogen and oxygen atoms in total. The predicted octanol–water partition coefficient (Wildman–Crippen LogP) is 5.54. The fraction of sp³-hybridized carbons (Fsp3) is 0.107. The van der Waals surface area contributed by atoms with Crippen molar-refractivity contribution >= 4 is 21.8 Å². The molecule has 0 fully saturated rings. The standard InChI is InChI=1S/C28H23N5O/c1-2-32-24-13-7-6-12-22(24)23-17-21(14-15-25(23)32)33-27(19-9-4-3-5-10-19)26(30-31-33)28(34)20-11-8-16-29-18-20/h3-18,28,34H,2H2,1H3. The van der Waals surface area contributed by atoms with E-state index in [-0.39, 0.29) is 0 Å². The highest BCUT2D eigenvalue weighted by atomic mass is 16.3. The van der Waals surface area contributed by atoms with Crippen LogP contribution in [0.2, 0.25) is 0 Å². The maximum atomic E-state index is 11.2. The normalized spacial score (nSPS) is 12.4. The predicted molar refractivity (Wildman–Crippen MR) is 134 cm³/mol. The molecule has 3 aromatic heterocycles. The Morgan fingerprint density at radius 3 is 2.44 bits per heavy atom. The molecule has 1 atom stereocenters. The van der Waals surface area contributed by atoms with Crippen LogP contribution >= 0.6 is 0 Å². The summed E-state index contributed by atoms with van der Waals surface area (Å²) in [7, 11) is 0. The van der Waals surface area contributed by atoms with Gasteiger partial charge in [0, 0.05) is 51.9 Å². The third-order valence-corrected chi connectivity index (χ3v) is 6.32. The van der Waals surface area contributed by atoms with Gasteiger partial charge in [-0.1, -0.05) is 59.8 Å². The Labute approximate surface area is 196 Å². The highest BCUT2D eigenvalue weighted by Gasteiger charge is 2.24. The van der Waals surface area contributed by atoms with Gasteiger partial charge in [0.15, 0.2) is 0 Å². The minimum Gasteiger partial charge on any atom is -0.382 e. The van der Waals surface area contributed by atoms with E-state index in [0.717, 1.165) is 23.5 Å². The van der Waals surface area contributed by atoms with Gasteiger partial charge in [-0.15, -0.1) is 5.10 Å². The molecule has 3 aromatic carbocycles. The summed E-state index contributed by atoms with van der Waals surface area (Å²) in [5.41, 5.74) is 6.15. The first-order valence-corrected chi connectivity index (χ1v) is 11.4. The lowest BCUT2D eigenvalue weighted by Gasteiger charge is -2.13. The van der Waals surface area contributed by atoms with E-state index in [2.05, 4.69) is 69.3 Å². The molecular weight excluding hydrogens is 422 g/mol. The third kappa shape index (κ3) is 3.19. The van der Waals surface area contributed by atoms with Crippen molar-refractivity contribution in [1.82, 2.24) is 24.5 Å². The summed E-state index contributed by atoms with van der Waals surface area (Å²) in [6, 6.07) is 28.4. The van der Waals surface area contributed by atoms with Crippen LogP contribution in [0.1, 0.15) is 24.3 Å². The molecule has 0 saturated heterocycles. The summed E-state index contributed by atoms with van der Waals surface area (Å²) >= 11 is 0. The molecule has 166 valence electrons. The lowest BCUT2D eigenvalue weighted by Crippen LogP contribution is -2.04. The van der Waals surface area contributed by atoms with Gasteiger partial charge in [0.2, 0.25) is 0 Å². The maximum absolute atomic E-state index is 11.2. The molecule has 0 aliphatic rings. The zero-order valence-electron chi connectivity index (χ0n) is 18.7. The molecule has 0 radical (unpaired) electrons. The second-order valence-corrected chi connectivity index (χ2v) is 8.25. The number of pyridine rings is 1. The Kier molecular flexibility index (Phi) is 4.93. The Morgan fingerprint density at radius 2 is 1.65 bits per heavy atom. The molecule has 0 aliphatic heterocycles. The number of aliphatic hydroxyl groups excluding tert-OH is 1. The van der Waals surface area contributed by atoms with Crippen molar-refractivity contribution < 1.29 is 5.11 Å². The quantitative estimate of drug-likeness (QED) is 0.378. The van der Waals surface area contributed by atoms with Gasteiger partial charge in [-0.05, 0) is 37.3 Å². The largest absolute Gasteiger partial charge is 0.382 e. The lowest BCUT2D eigenvalue weighted by molar-refractivity contribution is 0.215. The van der Waals surface area contributed by atoms with Crippen LogP contribution in [0, 0.1) is 0 Å². The SMILES string of the molecule is CCn1c2ccccc2c2cc(-n3nnc(C(O)c4cccnc4)c3-c3ccccc3)ccc21. The van der Waals surface area contributed by atoms with Crippen LogP contribution in [0.15, 0.2) is 97.3 Å². The minimum atomic E-state index is -0.941. The van der Waals surface area contributed by atoms with Gasteiger partial charge in [-0.2, -0.15) is 0 Å². The highest BCUT2D eigenvalue weighted by Crippen LogP contribution is 2.34. The van der Waals surface area contributed by atoms with E-state index in [1.54, 1.807) is 12.4 Å². The molecule has 0 saturated carbocycles. The zero-order chi connectivity index (χ0) is 23.1. The number of aromatic nitrogens is 5. The smallest absolute Gasteiger partial charge is 0.127 e. The second-order valence-electron chi connectivity index (χ2n) is 8.25. The zero-order valence-corrected chi connectivity index (χ0v) is 18.7. The van der Waals surface area contributed by atoms with Gasteiger partial charge in [0.05, 0.1) is 5.69 Å². The van der Waals surface area contributed by atoms with Crippen molar-refractivity contribution in [3.05, 3.63) is 109 Å². The Morgan fingerprint density at radius 1 is 0.853 bits per heavy atom. The molecule has 3 heterocycles. The van der Waals surface area contributed by atoms with Crippen LogP contribution in [0.3, 0.4) is 0 Å². The summed E-state index contributed by atoms with van der Waals surface area (Å²) in [5.74, 6) is 0. The monoisotopic (exact) mass is 445 g/mol. The highest BCUT2D eigenvalue weighted by molar-refractivity contribution is 6.08. The minimum absolute atomic E-state index is 0.496. The third-order valence-electron chi connectivity index (χ3n) is 6.32. The van der Waals surface area contributed by atoms with E-state index in [1.165, 1.54) is 21.8 Å². The first-order valence-electron chi connectivity index (χ1n) is 11.4. The number of rotatable bonds is 5. The van der Waals surface area contributed by atoms with Crippen molar-refractivity contribution in [2.24, 2.45) is 0 Å². The molecule has 0 amide bonds. The van der Waals surface area contributed by atoms with Crippen LogP contribution in [-0.4, -0.2) is 29.7 Å². The van der Waals surface area contributed by atoms with E-state index in [4.69, 9.17) is 0 Å². The summed E-state index contributed by atoms with van der Waals surface area (Å²) in [6.07, 6.45) is 2.40. The van der Waals surface area contributed by atoms with Gasteiger partial charge in [-0.3, -0.25) is 4.98 Å².